The van der Waals surface area contributed by atoms with Crippen LogP contribution in [-0.4, -0.2) is 5.11 Å². The van der Waals surface area contributed by atoms with Gasteiger partial charge in [0.2, 0.25) is 0 Å². The third-order valence-corrected chi connectivity index (χ3v) is 2.46. The molecule has 11 heavy (non-hydrogen) atoms. The quantitative estimate of drug-likeness (QED) is 0.812. The molecule has 0 radical (unpaired) electrons. The number of rotatable bonds is 2. The Labute approximate surface area is 80.6 Å². The van der Waals surface area contributed by atoms with Gasteiger partial charge in [-0.3, -0.25) is 0 Å². The molecule has 0 atom stereocenters. The molecule has 0 fully saturated rings. The molecule has 1 N–H and O–H groups in total. The van der Waals surface area contributed by atoms with Gasteiger partial charge in [0.25, 0.3) is 0 Å². The Morgan fingerprint density at radius 1 is 1.45 bits per heavy atom. The Kier molecular flexibility index (Phi) is 3.17. The molecule has 0 aliphatic heterocycles. The van der Waals surface area contributed by atoms with Crippen LogP contribution >= 0.6 is 22.6 Å². The number of hydrogen-bond donors (Lipinski definition) is 1. The lowest BCUT2D eigenvalue weighted by molar-refractivity contribution is 0.464. The molecule has 0 heterocycles. The zero-order valence-corrected chi connectivity index (χ0v) is 8.63. The summed E-state index contributed by atoms with van der Waals surface area (Å²) in [5.74, 6) is 0.454. The van der Waals surface area contributed by atoms with Crippen LogP contribution in [0.15, 0.2) is 18.2 Å². The first-order valence-corrected chi connectivity index (χ1v) is 4.80. The van der Waals surface area contributed by atoms with Crippen LogP contribution in [0.3, 0.4) is 0 Å². The monoisotopic (exact) mass is 262 g/mol. The Balaban J connectivity index is 2.96. The summed E-state index contributed by atoms with van der Waals surface area (Å²) in [6, 6.07) is 5.86. The maximum Gasteiger partial charge on any atom is 0.132 e. The van der Waals surface area contributed by atoms with E-state index >= 15 is 0 Å². The van der Waals surface area contributed by atoms with E-state index in [2.05, 4.69) is 29.5 Å². The summed E-state index contributed by atoms with van der Waals surface area (Å²) < 4.78 is 0.938. The maximum absolute atomic E-state index is 9.52. The lowest BCUT2D eigenvalue weighted by atomic mass is 10.1. The molecule has 0 aromatic heterocycles. The first-order chi connectivity index (χ1) is 5.25. The van der Waals surface area contributed by atoms with Crippen molar-refractivity contribution in [2.75, 3.05) is 0 Å². The van der Waals surface area contributed by atoms with E-state index in [0.29, 0.717) is 5.75 Å². The van der Waals surface area contributed by atoms with Gasteiger partial charge in [0.1, 0.15) is 5.75 Å². The lowest BCUT2D eigenvalue weighted by Gasteiger charge is -2.03. The molecule has 0 unspecified atom stereocenters. The first kappa shape index (κ1) is 8.84. The van der Waals surface area contributed by atoms with Crippen molar-refractivity contribution >= 4 is 22.6 Å². The minimum Gasteiger partial charge on any atom is -0.507 e. The Morgan fingerprint density at radius 3 is 2.82 bits per heavy atom. The second-order valence-corrected chi connectivity index (χ2v) is 3.66. The smallest absolute Gasteiger partial charge is 0.132 e. The number of phenolic OH excluding ortho intramolecular Hbond substituents is 1. The highest BCUT2D eigenvalue weighted by molar-refractivity contribution is 14.1. The zero-order chi connectivity index (χ0) is 8.27. The molecule has 0 amide bonds. The molecule has 1 nitrogen and oxygen atoms in total. The molecule has 0 aliphatic carbocycles. The predicted octanol–water partition coefficient (Wildman–Crippen LogP) is 2.95. The van der Waals surface area contributed by atoms with E-state index in [0.717, 1.165) is 22.0 Å². The van der Waals surface area contributed by atoms with Crippen LogP contribution in [0.5, 0.6) is 5.75 Å². The van der Waals surface area contributed by atoms with Crippen molar-refractivity contribution in [2.45, 2.75) is 19.8 Å². The second kappa shape index (κ2) is 3.95. The molecule has 0 saturated heterocycles. The molecule has 60 valence electrons. The van der Waals surface area contributed by atoms with Crippen molar-refractivity contribution in [1.82, 2.24) is 0 Å². The van der Waals surface area contributed by atoms with Gasteiger partial charge in [-0.1, -0.05) is 25.5 Å². The molecule has 1 rings (SSSR count). The highest BCUT2D eigenvalue weighted by Crippen LogP contribution is 2.24. The molecule has 1 aromatic carbocycles. The standard InChI is InChI=1S/C9H11IO/c1-2-4-7-5-3-6-8(10)9(7)11/h3,5-6,11H,2,4H2,1H3. The Bertz CT molecular complexity index is 245. The van der Waals surface area contributed by atoms with Crippen LogP contribution in [0.2, 0.25) is 0 Å². The van der Waals surface area contributed by atoms with E-state index in [4.69, 9.17) is 0 Å². The van der Waals surface area contributed by atoms with Gasteiger partial charge >= 0.3 is 0 Å². The normalized spacial score (nSPS) is 10.0. The maximum atomic E-state index is 9.52. The van der Waals surface area contributed by atoms with Crippen molar-refractivity contribution in [3.05, 3.63) is 27.3 Å². The third kappa shape index (κ3) is 2.09. The molecule has 0 aliphatic rings. The van der Waals surface area contributed by atoms with Gasteiger partial charge in [-0.25, -0.2) is 0 Å². The summed E-state index contributed by atoms with van der Waals surface area (Å²) in [4.78, 5) is 0. The number of benzene rings is 1. The van der Waals surface area contributed by atoms with Crippen LogP contribution < -0.4 is 0 Å². The summed E-state index contributed by atoms with van der Waals surface area (Å²) in [5.41, 5.74) is 1.06. The minimum atomic E-state index is 0.454. The number of aryl methyl sites for hydroxylation is 1. The van der Waals surface area contributed by atoms with E-state index in [9.17, 15) is 5.11 Å². The second-order valence-electron chi connectivity index (χ2n) is 2.50. The third-order valence-electron chi connectivity index (χ3n) is 1.59. The van der Waals surface area contributed by atoms with Gasteiger partial charge in [-0.05, 0) is 40.6 Å². The van der Waals surface area contributed by atoms with E-state index in [-0.39, 0.29) is 0 Å². The number of para-hydroxylation sites is 1. The number of aromatic hydroxyl groups is 1. The van der Waals surface area contributed by atoms with E-state index < -0.39 is 0 Å². The molecular weight excluding hydrogens is 251 g/mol. The van der Waals surface area contributed by atoms with Crippen LogP contribution in [0.1, 0.15) is 18.9 Å². The van der Waals surface area contributed by atoms with E-state index in [1.807, 2.05) is 18.2 Å². The summed E-state index contributed by atoms with van der Waals surface area (Å²) in [6.07, 6.45) is 2.04. The van der Waals surface area contributed by atoms with Crippen molar-refractivity contribution in [1.29, 1.82) is 0 Å². The average Bonchev–Trinajstić information content (AvgIpc) is 1.99. The Hall–Kier alpha value is -0.250. The average molecular weight is 262 g/mol. The van der Waals surface area contributed by atoms with Crippen molar-refractivity contribution in [2.24, 2.45) is 0 Å². The van der Waals surface area contributed by atoms with Crippen LogP contribution in [0, 0.1) is 3.57 Å². The van der Waals surface area contributed by atoms with E-state index in [1.165, 1.54) is 0 Å². The largest absolute Gasteiger partial charge is 0.507 e. The highest BCUT2D eigenvalue weighted by atomic mass is 127. The molecule has 1 aromatic rings. The highest BCUT2D eigenvalue weighted by Gasteiger charge is 2.01. The van der Waals surface area contributed by atoms with Crippen molar-refractivity contribution < 1.29 is 5.11 Å². The molecular formula is C9H11IO. The predicted molar refractivity (Wildman–Crippen MR) is 54.8 cm³/mol. The minimum absolute atomic E-state index is 0.454. The molecule has 2 heteroatoms. The number of hydrogen-bond acceptors (Lipinski definition) is 1. The molecule has 0 bridgehead atoms. The number of phenols is 1. The zero-order valence-electron chi connectivity index (χ0n) is 6.47. The van der Waals surface area contributed by atoms with Crippen LogP contribution in [-0.2, 0) is 6.42 Å². The van der Waals surface area contributed by atoms with Gasteiger partial charge in [0.15, 0.2) is 0 Å². The van der Waals surface area contributed by atoms with Crippen LogP contribution in [0.25, 0.3) is 0 Å². The fourth-order valence-corrected chi connectivity index (χ4v) is 1.59. The molecule has 0 saturated carbocycles. The summed E-state index contributed by atoms with van der Waals surface area (Å²) in [5, 5.41) is 9.52. The van der Waals surface area contributed by atoms with Gasteiger partial charge < -0.3 is 5.11 Å². The van der Waals surface area contributed by atoms with Gasteiger partial charge in [0.05, 0.1) is 3.57 Å². The topological polar surface area (TPSA) is 20.2 Å². The first-order valence-electron chi connectivity index (χ1n) is 3.72. The van der Waals surface area contributed by atoms with Gasteiger partial charge in [-0.2, -0.15) is 0 Å². The van der Waals surface area contributed by atoms with Crippen LogP contribution in [0.4, 0.5) is 0 Å². The number of halogens is 1. The van der Waals surface area contributed by atoms with Gasteiger partial charge in [0, 0.05) is 0 Å². The van der Waals surface area contributed by atoms with Gasteiger partial charge in [-0.15, -0.1) is 0 Å². The Morgan fingerprint density at radius 2 is 2.18 bits per heavy atom. The van der Waals surface area contributed by atoms with Crippen molar-refractivity contribution in [3.63, 3.8) is 0 Å². The summed E-state index contributed by atoms with van der Waals surface area (Å²) in [7, 11) is 0. The fourth-order valence-electron chi connectivity index (χ4n) is 1.03. The summed E-state index contributed by atoms with van der Waals surface area (Å²) >= 11 is 2.14. The molecule has 0 spiro atoms. The van der Waals surface area contributed by atoms with Crippen molar-refractivity contribution in [3.8, 4) is 5.75 Å². The lowest BCUT2D eigenvalue weighted by Crippen LogP contribution is -1.85. The summed E-state index contributed by atoms with van der Waals surface area (Å²) in [6.45, 7) is 2.11. The van der Waals surface area contributed by atoms with E-state index in [1.54, 1.807) is 0 Å². The SMILES string of the molecule is CCCc1cccc(I)c1O. The fraction of sp³-hybridized carbons (Fsp3) is 0.333.